The van der Waals surface area contributed by atoms with Crippen LogP contribution in [0.25, 0.3) is 59.9 Å². The van der Waals surface area contributed by atoms with Crippen LogP contribution in [-0.4, -0.2) is 9.38 Å². The van der Waals surface area contributed by atoms with E-state index in [4.69, 9.17) is 16.8 Å². The second-order valence-electron chi connectivity index (χ2n) is 14.3. The molecule has 0 fully saturated rings. The summed E-state index contributed by atoms with van der Waals surface area (Å²) in [5.74, 6) is 0. The molecule has 2 nitrogen and oxygen atoms in total. The lowest BCUT2D eigenvalue weighted by Gasteiger charge is -2.25. The van der Waals surface area contributed by atoms with Gasteiger partial charge in [-0.15, -0.1) is 0 Å². The van der Waals surface area contributed by atoms with Gasteiger partial charge in [0.15, 0.2) is 0 Å². The van der Waals surface area contributed by atoms with E-state index < -0.39 is 14.0 Å². The predicted octanol–water partition coefficient (Wildman–Crippen LogP) is 10.6. The molecular weight excluding hydrogens is 735 g/mol. The topological polar surface area (TPSA) is 17.3 Å². The van der Waals surface area contributed by atoms with Gasteiger partial charge < -0.3 is 0 Å². The van der Waals surface area contributed by atoms with Gasteiger partial charge in [-0.1, -0.05) is 200 Å². The molecule has 1 atom stereocenters. The number of nitrogens with zero attached hydrogens (tertiary/aromatic N) is 2. The van der Waals surface area contributed by atoms with Crippen molar-refractivity contribution in [1.82, 2.24) is 9.38 Å². The summed E-state index contributed by atoms with van der Waals surface area (Å²) >= 11 is 7.14. The number of hydrogen-bond donors (Lipinski definition) is 0. The maximum atomic E-state index is 7.14. The number of hydrogen-bond acceptors (Lipinski definition) is 2. The zero-order valence-corrected chi connectivity index (χ0v) is 32.9. The molecule has 0 aliphatic rings. The SMILES string of the molecule is S=P(c1ccccc1)(c1ccc2c(ccc3ccccc32)c1)c1cccc2c1nc1c3c(P(c4ccccc4)c4ccccc4)cccc3c3ccccc3n21. The first-order valence-electron chi connectivity index (χ1n) is 18.9. The molecular formula is C51H34N2P2S. The van der Waals surface area contributed by atoms with Gasteiger partial charge in [0, 0.05) is 22.1 Å². The quantitative estimate of drug-likeness (QED) is 0.124. The van der Waals surface area contributed by atoms with Crippen LogP contribution < -0.4 is 31.8 Å². The minimum atomic E-state index is -2.63. The standard InChI is InChI=1S/C51H34N2P2S/c56-55(39-21-8-3-9-22-39,40-32-33-42-36(34-40)31-30-35-16-10-11-23-41(35)42)48-29-15-27-46-50(48)52-51-49-44(43-24-12-13-26-45(43)53(46)51)25-14-28-47(49)54(37-17-4-1-5-18-37)38-19-6-2-7-20-38/h1-34H. The monoisotopic (exact) mass is 768 g/mol. The molecule has 5 heteroatoms. The summed E-state index contributed by atoms with van der Waals surface area (Å²) in [6.07, 6.45) is 0. The van der Waals surface area contributed by atoms with Gasteiger partial charge in [0.2, 0.25) is 0 Å². The molecule has 0 spiro atoms. The molecule has 0 N–H and O–H groups in total. The number of benzene rings is 9. The van der Waals surface area contributed by atoms with Gasteiger partial charge in [-0.2, -0.15) is 0 Å². The van der Waals surface area contributed by atoms with Crippen molar-refractivity contribution < 1.29 is 0 Å². The van der Waals surface area contributed by atoms with Crippen molar-refractivity contribution in [2.75, 3.05) is 0 Å². The van der Waals surface area contributed by atoms with Crippen LogP contribution in [0.15, 0.2) is 206 Å². The third kappa shape index (κ3) is 5.13. The molecule has 0 radical (unpaired) electrons. The second-order valence-corrected chi connectivity index (χ2v) is 20.8. The van der Waals surface area contributed by atoms with Gasteiger partial charge >= 0.3 is 0 Å². The van der Waals surface area contributed by atoms with Crippen molar-refractivity contribution in [3.8, 4) is 0 Å². The van der Waals surface area contributed by atoms with Crippen molar-refractivity contribution in [2.24, 2.45) is 0 Å². The van der Waals surface area contributed by atoms with E-state index in [0.717, 1.165) is 38.1 Å². The summed E-state index contributed by atoms with van der Waals surface area (Å²) in [5.41, 5.74) is 4.15. The molecule has 9 aromatic carbocycles. The van der Waals surface area contributed by atoms with Gasteiger partial charge in [-0.3, -0.25) is 4.40 Å². The van der Waals surface area contributed by atoms with E-state index in [0.29, 0.717) is 0 Å². The summed E-state index contributed by atoms with van der Waals surface area (Å²) in [6, 6.07) is 72.4. The Morgan fingerprint density at radius 1 is 0.446 bits per heavy atom. The Labute approximate surface area is 331 Å². The highest BCUT2D eigenvalue weighted by Crippen LogP contribution is 2.47. The third-order valence-electron chi connectivity index (χ3n) is 11.2. The first-order chi connectivity index (χ1) is 27.7. The van der Waals surface area contributed by atoms with Crippen LogP contribution in [-0.2, 0) is 11.8 Å². The maximum Gasteiger partial charge on any atom is 0.147 e. The van der Waals surface area contributed by atoms with Gasteiger partial charge in [0.05, 0.1) is 16.6 Å². The van der Waals surface area contributed by atoms with E-state index in [2.05, 4.69) is 211 Å². The minimum Gasteiger partial charge on any atom is -0.292 e. The molecule has 0 saturated heterocycles. The van der Waals surface area contributed by atoms with Crippen molar-refractivity contribution in [3.05, 3.63) is 206 Å². The molecule has 264 valence electrons. The van der Waals surface area contributed by atoms with Crippen LogP contribution in [0.4, 0.5) is 0 Å². The normalized spacial score (nSPS) is 13.0. The fraction of sp³-hybridized carbons (Fsp3) is 0. The Hall–Kier alpha value is -5.95. The van der Waals surface area contributed by atoms with Crippen LogP contribution in [0.3, 0.4) is 0 Å². The Balaban J connectivity index is 1.25. The van der Waals surface area contributed by atoms with E-state index in [9.17, 15) is 0 Å². The third-order valence-corrected chi connectivity index (χ3v) is 18.6. The molecule has 2 aromatic heterocycles. The van der Waals surface area contributed by atoms with E-state index >= 15 is 0 Å². The highest BCUT2D eigenvalue weighted by atomic mass is 32.4. The summed E-state index contributed by atoms with van der Waals surface area (Å²) < 4.78 is 2.40. The van der Waals surface area contributed by atoms with Gasteiger partial charge in [0.1, 0.15) is 5.65 Å². The average molecular weight is 769 g/mol. The number of aromatic nitrogens is 2. The second kappa shape index (κ2) is 13.4. The molecule has 0 aliphatic carbocycles. The lowest BCUT2D eigenvalue weighted by Crippen LogP contribution is -2.25. The van der Waals surface area contributed by atoms with Crippen LogP contribution in [0.5, 0.6) is 0 Å². The summed E-state index contributed by atoms with van der Waals surface area (Å²) in [7, 11) is -0.903. The van der Waals surface area contributed by atoms with Crippen LogP contribution in [0, 0.1) is 0 Å². The Kier molecular flexibility index (Phi) is 7.97. The number of rotatable bonds is 6. The zero-order valence-electron chi connectivity index (χ0n) is 30.3. The molecule has 56 heavy (non-hydrogen) atoms. The largest absolute Gasteiger partial charge is 0.292 e. The first-order valence-corrected chi connectivity index (χ1v) is 23.1. The van der Waals surface area contributed by atoms with E-state index in [1.807, 2.05) is 0 Å². The van der Waals surface area contributed by atoms with Gasteiger partial charge in [-0.25, -0.2) is 4.98 Å². The average Bonchev–Trinajstić information content (AvgIpc) is 3.67. The van der Waals surface area contributed by atoms with Crippen molar-refractivity contribution in [3.63, 3.8) is 0 Å². The summed E-state index contributed by atoms with van der Waals surface area (Å²) in [4.78, 5) is 5.78. The Morgan fingerprint density at radius 2 is 1.04 bits per heavy atom. The smallest absolute Gasteiger partial charge is 0.147 e. The van der Waals surface area contributed by atoms with E-state index in [-0.39, 0.29) is 0 Å². The fourth-order valence-electron chi connectivity index (χ4n) is 8.68. The van der Waals surface area contributed by atoms with E-state index in [1.54, 1.807) is 0 Å². The Morgan fingerprint density at radius 3 is 1.80 bits per heavy atom. The van der Waals surface area contributed by atoms with Gasteiger partial charge in [-0.05, 0) is 79.6 Å². The van der Waals surface area contributed by atoms with E-state index in [1.165, 1.54) is 53.6 Å². The maximum absolute atomic E-state index is 7.14. The molecule has 0 amide bonds. The van der Waals surface area contributed by atoms with Crippen molar-refractivity contribution in [2.45, 2.75) is 0 Å². The summed E-state index contributed by atoms with van der Waals surface area (Å²) in [6.45, 7) is 0. The molecule has 1 unspecified atom stereocenters. The molecule has 0 bridgehead atoms. The fourth-order valence-corrected chi connectivity index (χ4v) is 15.1. The van der Waals surface area contributed by atoms with Crippen LogP contribution in [0.1, 0.15) is 0 Å². The van der Waals surface area contributed by atoms with Gasteiger partial charge in [0.25, 0.3) is 0 Å². The molecule has 0 aliphatic heterocycles. The number of fused-ring (bicyclic) bond motifs is 11. The number of pyridine rings is 1. The molecule has 11 rings (SSSR count). The lowest BCUT2D eigenvalue weighted by atomic mass is 10.0. The minimum absolute atomic E-state index is 0.903. The lowest BCUT2D eigenvalue weighted by molar-refractivity contribution is 1.32. The predicted molar refractivity (Wildman–Crippen MR) is 247 cm³/mol. The zero-order chi connectivity index (χ0) is 37.2. The Bertz CT molecular complexity index is 3300. The molecule has 2 heterocycles. The highest BCUT2D eigenvalue weighted by molar-refractivity contribution is 8.25. The summed E-state index contributed by atoms with van der Waals surface area (Å²) in [5, 5.41) is 15.9. The van der Waals surface area contributed by atoms with Crippen LogP contribution >= 0.6 is 14.0 Å². The van der Waals surface area contributed by atoms with Crippen molar-refractivity contribution >= 4 is 117 Å². The van der Waals surface area contributed by atoms with Crippen LogP contribution in [0.2, 0.25) is 0 Å². The first kappa shape index (κ1) is 33.4. The number of imidazole rings is 1. The molecule has 11 aromatic rings. The highest BCUT2D eigenvalue weighted by Gasteiger charge is 2.30. The molecule has 0 saturated carbocycles. The number of para-hydroxylation sites is 2. The van der Waals surface area contributed by atoms with Crippen molar-refractivity contribution in [1.29, 1.82) is 0 Å².